The van der Waals surface area contributed by atoms with Crippen molar-refractivity contribution in [3.63, 3.8) is 0 Å². The van der Waals surface area contributed by atoms with Crippen molar-refractivity contribution in [2.45, 2.75) is 62.9 Å². The van der Waals surface area contributed by atoms with Crippen LogP contribution in [0.4, 0.5) is 42.5 Å². The molecule has 0 atom stereocenters. The van der Waals surface area contributed by atoms with Crippen LogP contribution in [0.15, 0.2) is 53.6 Å². The molecule has 2 aromatic carbocycles. The summed E-state index contributed by atoms with van der Waals surface area (Å²) in [4.78, 5) is 35.1. The molecule has 2 fully saturated rings. The van der Waals surface area contributed by atoms with Gasteiger partial charge in [-0.2, -0.15) is 26.3 Å². The summed E-state index contributed by atoms with van der Waals surface area (Å²) in [5, 5.41) is 3.40. The second-order valence-electron chi connectivity index (χ2n) is 13.5. The first-order valence-electron chi connectivity index (χ1n) is 16.5. The highest BCUT2D eigenvalue weighted by Crippen LogP contribution is 2.39. The Hall–Kier alpha value is -3.88. The monoisotopic (exact) mass is 725 g/mol. The van der Waals surface area contributed by atoms with Crippen molar-refractivity contribution in [1.82, 2.24) is 14.8 Å². The number of hydrogen-bond donors (Lipinski definition) is 1. The van der Waals surface area contributed by atoms with Crippen LogP contribution >= 0.6 is 11.8 Å². The Bertz CT molecular complexity index is 1660. The van der Waals surface area contributed by atoms with Gasteiger partial charge >= 0.3 is 18.4 Å². The third kappa shape index (κ3) is 9.67. The average Bonchev–Trinajstić information content (AvgIpc) is 3.05. The number of pyridine rings is 1. The summed E-state index contributed by atoms with van der Waals surface area (Å²) < 4.78 is 87.1. The minimum absolute atomic E-state index is 0.0382. The smallest absolute Gasteiger partial charge is 0.418 e. The molecule has 1 aromatic heterocycles. The molecule has 3 aromatic rings. The summed E-state index contributed by atoms with van der Waals surface area (Å²) in [6.45, 7) is 7.48. The molecule has 2 aliphatic heterocycles. The second-order valence-corrected chi connectivity index (χ2v) is 14.6. The first kappa shape index (κ1) is 37.4. The molecule has 1 N–H and O–H groups in total. The summed E-state index contributed by atoms with van der Waals surface area (Å²) in [7, 11) is 0. The molecule has 0 spiro atoms. The van der Waals surface area contributed by atoms with Gasteiger partial charge in [0.15, 0.2) is 0 Å². The number of anilines is 2. The minimum atomic E-state index is -4.60. The minimum Gasteiger partial charge on any atom is -0.444 e. The molecule has 0 saturated carbocycles. The largest absolute Gasteiger partial charge is 0.444 e. The summed E-state index contributed by atoms with van der Waals surface area (Å²) in [6, 6.07) is 10.3. The number of rotatable bonds is 8. The third-order valence-electron chi connectivity index (χ3n) is 8.69. The highest BCUT2D eigenvalue weighted by molar-refractivity contribution is 7.99. The molecule has 0 bridgehead atoms. The lowest BCUT2D eigenvalue weighted by Gasteiger charge is -2.37. The van der Waals surface area contributed by atoms with Crippen molar-refractivity contribution in [2.24, 2.45) is 5.92 Å². The standard InChI is InChI=1S/C35H41F6N5O3S/c1-33(2,3)49-32(48)46-17-15-44(16-18-46)28-8-7-26(20-27(28)35(39,40)41)42-12-9-30(47)45-13-10-23(11-14-45)22-50-29-6-4-5-24-19-25(34(36,37)38)21-43-31(24)29/h4-8,19-21,23,42H,9-18,22H2,1-3H3. The topological polar surface area (TPSA) is 78.0 Å². The first-order chi connectivity index (χ1) is 23.5. The van der Waals surface area contributed by atoms with E-state index in [0.717, 1.165) is 41.8 Å². The predicted octanol–water partition coefficient (Wildman–Crippen LogP) is 8.16. The number of hydrogen-bond acceptors (Lipinski definition) is 7. The number of likely N-dealkylation sites (tertiary alicyclic amines) is 1. The molecule has 2 amide bonds. The molecular weight excluding hydrogens is 684 g/mol. The van der Waals surface area contributed by atoms with Crippen LogP contribution in [-0.2, 0) is 21.9 Å². The number of piperazine rings is 1. The molecule has 0 unspecified atom stereocenters. The van der Waals surface area contributed by atoms with Crippen LogP contribution in [0.1, 0.15) is 51.2 Å². The van der Waals surface area contributed by atoms with Gasteiger partial charge in [0, 0.05) is 85.8 Å². The van der Waals surface area contributed by atoms with Gasteiger partial charge in [0.05, 0.1) is 16.6 Å². The number of alkyl halides is 6. The van der Waals surface area contributed by atoms with Crippen molar-refractivity contribution in [1.29, 1.82) is 0 Å². The number of aromatic nitrogens is 1. The normalized spacial score (nSPS) is 16.5. The van der Waals surface area contributed by atoms with Crippen LogP contribution in [0.2, 0.25) is 0 Å². The van der Waals surface area contributed by atoms with Gasteiger partial charge in [0.25, 0.3) is 0 Å². The number of piperidine rings is 1. The molecule has 8 nitrogen and oxygen atoms in total. The van der Waals surface area contributed by atoms with Gasteiger partial charge in [-0.1, -0.05) is 12.1 Å². The van der Waals surface area contributed by atoms with E-state index < -0.39 is 35.2 Å². The maximum atomic E-state index is 14.1. The summed E-state index contributed by atoms with van der Waals surface area (Å²) in [6.07, 6.45) is -7.04. The zero-order valence-electron chi connectivity index (χ0n) is 28.2. The van der Waals surface area contributed by atoms with E-state index in [1.165, 1.54) is 11.0 Å². The summed E-state index contributed by atoms with van der Waals surface area (Å²) >= 11 is 1.55. The lowest BCUT2D eigenvalue weighted by molar-refractivity contribution is -0.138. The zero-order chi connectivity index (χ0) is 36.3. The number of nitrogens with zero attached hydrogens (tertiary/aromatic N) is 4. The molecule has 3 heterocycles. The average molecular weight is 726 g/mol. The van der Waals surface area contributed by atoms with E-state index in [-0.39, 0.29) is 56.4 Å². The van der Waals surface area contributed by atoms with Gasteiger partial charge in [0.2, 0.25) is 5.91 Å². The Labute approximate surface area is 291 Å². The highest BCUT2D eigenvalue weighted by Gasteiger charge is 2.37. The van der Waals surface area contributed by atoms with Crippen LogP contribution in [0.5, 0.6) is 0 Å². The van der Waals surface area contributed by atoms with Gasteiger partial charge < -0.3 is 24.8 Å². The molecule has 272 valence electrons. The van der Waals surface area contributed by atoms with Gasteiger partial charge in [-0.3, -0.25) is 9.78 Å². The Kier molecular flexibility index (Phi) is 11.3. The molecule has 0 aliphatic carbocycles. The molecule has 2 saturated heterocycles. The van der Waals surface area contributed by atoms with E-state index >= 15 is 0 Å². The van der Waals surface area contributed by atoms with E-state index in [1.807, 2.05) is 6.07 Å². The highest BCUT2D eigenvalue weighted by atomic mass is 32.2. The van der Waals surface area contributed by atoms with E-state index in [9.17, 15) is 35.9 Å². The van der Waals surface area contributed by atoms with Gasteiger partial charge in [-0.15, -0.1) is 11.8 Å². The second kappa shape index (κ2) is 15.2. The van der Waals surface area contributed by atoms with Crippen molar-refractivity contribution >= 4 is 46.0 Å². The fourth-order valence-corrected chi connectivity index (χ4v) is 7.27. The van der Waals surface area contributed by atoms with E-state index in [2.05, 4.69) is 10.3 Å². The number of thioether (sulfide) groups is 1. The number of para-hydroxylation sites is 1. The van der Waals surface area contributed by atoms with Crippen molar-refractivity contribution in [3.8, 4) is 0 Å². The number of halogens is 6. The third-order valence-corrected chi connectivity index (χ3v) is 9.96. The maximum absolute atomic E-state index is 14.1. The van der Waals surface area contributed by atoms with E-state index in [0.29, 0.717) is 29.9 Å². The Balaban J connectivity index is 1.08. The zero-order valence-corrected chi connectivity index (χ0v) is 29.0. The summed E-state index contributed by atoms with van der Waals surface area (Å²) in [5.74, 6) is 0.965. The lowest BCUT2D eigenvalue weighted by Crippen LogP contribution is -2.50. The van der Waals surface area contributed by atoms with Crippen LogP contribution in [-0.4, -0.2) is 84.0 Å². The Morgan fingerprint density at radius 1 is 0.900 bits per heavy atom. The molecular formula is C35H41F6N5O3S. The number of benzene rings is 2. The fourth-order valence-electron chi connectivity index (χ4n) is 6.04. The number of nitrogens with one attached hydrogen (secondary N) is 1. The molecule has 2 aliphatic rings. The number of amides is 2. The predicted molar refractivity (Wildman–Crippen MR) is 181 cm³/mol. The van der Waals surface area contributed by atoms with Crippen LogP contribution in [0, 0.1) is 5.92 Å². The van der Waals surface area contributed by atoms with Crippen LogP contribution in [0.25, 0.3) is 10.9 Å². The lowest BCUT2D eigenvalue weighted by atomic mass is 9.99. The first-order valence-corrected chi connectivity index (χ1v) is 17.5. The van der Waals surface area contributed by atoms with Crippen molar-refractivity contribution in [2.75, 3.05) is 61.8 Å². The number of fused-ring (bicyclic) bond motifs is 1. The van der Waals surface area contributed by atoms with E-state index in [4.69, 9.17) is 4.74 Å². The number of carbonyl (C=O) groups is 2. The SMILES string of the molecule is CC(C)(C)OC(=O)N1CCN(c2ccc(NCCC(=O)N3CCC(CSc4cccc5cc(C(F)(F)F)cnc45)CC3)cc2C(F)(F)F)CC1. The van der Waals surface area contributed by atoms with E-state index in [1.54, 1.807) is 60.5 Å². The number of ether oxygens (including phenoxy) is 1. The summed E-state index contributed by atoms with van der Waals surface area (Å²) in [5.41, 5.74) is -1.41. The van der Waals surface area contributed by atoms with Crippen molar-refractivity contribution < 1.29 is 40.7 Å². The Morgan fingerprint density at radius 3 is 2.24 bits per heavy atom. The van der Waals surface area contributed by atoms with Gasteiger partial charge in [0.1, 0.15) is 5.60 Å². The van der Waals surface area contributed by atoms with Crippen molar-refractivity contribution in [3.05, 3.63) is 59.8 Å². The maximum Gasteiger partial charge on any atom is 0.418 e. The van der Waals surface area contributed by atoms with Crippen LogP contribution in [0.3, 0.4) is 0 Å². The molecule has 5 rings (SSSR count). The molecule has 15 heteroatoms. The Morgan fingerprint density at radius 2 is 1.60 bits per heavy atom. The van der Waals surface area contributed by atoms with Gasteiger partial charge in [-0.05, 0) is 69.9 Å². The molecule has 0 radical (unpaired) electrons. The number of carbonyl (C=O) groups excluding carboxylic acids is 2. The molecule has 50 heavy (non-hydrogen) atoms. The van der Waals surface area contributed by atoms with Crippen LogP contribution < -0.4 is 10.2 Å². The van der Waals surface area contributed by atoms with Gasteiger partial charge in [-0.25, -0.2) is 4.79 Å². The quantitative estimate of drug-likeness (QED) is 0.186. The fraction of sp³-hybridized carbons (Fsp3) is 0.514.